The minimum Gasteiger partial charge on any atom is -0.385 e. The smallest absolute Gasteiger partial charge is 0.0896 e. The minimum absolute atomic E-state index is 0.596. The van der Waals surface area contributed by atoms with Crippen LogP contribution in [0.15, 0.2) is 4.47 Å². The quantitative estimate of drug-likeness (QED) is 0.724. The molecule has 1 aromatic heterocycles. The molecule has 92 valence electrons. The molecule has 0 saturated heterocycles. The first kappa shape index (κ1) is 13.7. The fourth-order valence-corrected chi connectivity index (χ4v) is 1.88. The van der Waals surface area contributed by atoms with Crippen LogP contribution in [-0.2, 0) is 22.6 Å². The predicted octanol–water partition coefficient (Wildman–Crippen LogP) is 2.53. The molecule has 0 saturated carbocycles. The molecule has 0 aromatic carbocycles. The number of nitrogens with zero attached hydrogens (tertiary/aromatic N) is 2. The second kappa shape index (κ2) is 7.04. The van der Waals surface area contributed by atoms with E-state index in [-0.39, 0.29) is 0 Å². The van der Waals surface area contributed by atoms with Crippen molar-refractivity contribution in [3.05, 3.63) is 15.9 Å². The molecular weight excluding hydrogens is 272 g/mol. The van der Waals surface area contributed by atoms with Crippen molar-refractivity contribution in [1.29, 1.82) is 0 Å². The number of aryl methyl sites for hydroxylation is 2. The van der Waals surface area contributed by atoms with Crippen LogP contribution in [0.1, 0.15) is 24.7 Å². The Morgan fingerprint density at radius 2 is 2.12 bits per heavy atom. The van der Waals surface area contributed by atoms with Crippen molar-refractivity contribution >= 4 is 15.9 Å². The second-order valence-corrected chi connectivity index (χ2v) is 4.35. The Morgan fingerprint density at radius 3 is 2.75 bits per heavy atom. The first-order valence-electron chi connectivity index (χ1n) is 5.49. The summed E-state index contributed by atoms with van der Waals surface area (Å²) < 4.78 is 13.6. The largest absolute Gasteiger partial charge is 0.385 e. The van der Waals surface area contributed by atoms with Crippen molar-refractivity contribution in [3.8, 4) is 0 Å². The third-order valence-electron chi connectivity index (χ3n) is 2.33. The topological polar surface area (TPSA) is 36.3 Å². The van der Waals surface area contributed by atoms with Crippen LogP contribution in [0.25, 0.3) is 0 Å². The molecule has 0 aliphatic rings. The molecule has 1 rings (SSSR count). The van der Waals surface area contributed by atoms with Crippen molar-refractivity contribution in [3.63, 3.8) is 0 Å². The summed E-state index contributed by atoms with van der Waals surface area (Å²) in [6, 6.07) is 0. The Morgan fingerprint density at radius 1 is 1.38 bits per heavy atom. The first-order valence-corrected chi connectivity index (χ1v) is 6.28. The van der Waals surface area contributed by atoms with Crippen LogP contribution in [0.4, 0.5) is 0 Å². The Bertz CT molecular complexity index is 326. The highest BCUT2D eigenvalue weighted by atomic mass is 79.9. The summed E-state index contributed by atoms with van der Waals surface area (Å²) in [5, 5.41) is 4.41. The summed E-state index contributed by atoms with van der Waals surface area (Å²) >= 11 is 3.54. The van der Waals surface area contributed by atoms with Crippen molar-refractivity contribution in [2.45, 2.75) is 33.4 Å². The number of aromatic nitrogens is 2. The highest BCUT2D eigenvalue weighted by molar-refractivity contribution is 9.10. The Labute approximate surface area is 105 Å². The van der Waals surface area contributed by atoms with Gasteiger partial charge in [-0.15, -0.1) is 0 Å². The van der Waals surface area contributed by atoms with Crippen LogP contribution in [0, 0.1) is 6.92 Å². The van der Waals surface area contributed by atoms with Crippen LogP contribution in [0.3, 0.4) is 0 Å². The van der Waals surface area contributed by atoms with E-state index in [1.165, 1.54) is 0 Å². The third-order valence-corrected chi connectivity index (χ3v) is 3.36. The van der Waals surface area contributed by atoms with Gasteiger partial charge >= 0.3 is 0 Å². The molecule has 0 radical (unpaired) electrons. The highest BCUT2D eigenvalue weighted by Crippen LogP contribution is 2.21. The summed E-state index contributed by atoms with van der Waals surface area (Å²) in [5.41, 5.74) is 2.12. The van der Waals surface area contributed by atoms with Gasteiger partial charge < -0.3 is 9.47 Å². The maximum Gasteiger partial charge on any atom is 0.0896 e. The molecule has 0 aliphatic carbocycles. The van der Waals surface area contributed by atoms with E-state index in [0.29, 0.717) is 13.2 Å². The van der Waals surface area contributed by atoms with Gasteiger partial charge in [0, 0.05) is 26.9 Å². The summed E-state index contributed by atoms with van der Waals surface area (Å²) in [6.07, 6.45) is 0.924. The molecule has 0 atom stereocenters. The van der Waals surface area contributed by atoms with Crippen LogP contribution in [0.2, 0.25) is 0 Å². The number of rotatable bonds is 7. The van der Waals surface area contributed by atoms with Crippen LogP contribution in [0.5, 0.6) is 0 Å². The van der Waals surface area contributed by atoms with Crippen molar-refractivity contribution in [1.82, 2.24) is 9.78 Å². The van der Waals surface area contributed by atoms with Crippen molar-refractivity contribution in [2.24, 2.45) is 0 Å². The van der Waals surface area contributed by atoms with E-state index in [4.69, 9.17) is 9.47 Å². The van der Waals surface area contributed by atoms with Gasteiger partial charge in [-0.3, -0.25) is 4.68 Å². The van der Waals surface area contributed by atoms with Gasteiger partial charge in [-0.2, -0.15) is 5.10 Å². The van der Waals surface area contributed by atoms with Crippen molar-refractivity contribution in [2.75, 3.05) is 20.3 Å². The molecule has 4 nitrogen and oxygen atoms in total. The first-order chi connectivity index (χ1) is 7.70. The monoisotopic (exact) mass is 290 g/mol. The highest BCUT2D eigenvalue weighted by Gasteiger charge is 2.11. The molecule has 1 aromatic rings. The van der Waals surface area contributed by atoms with Gasteiger partial charge in [-0.05, 0) is 36.2 Å². The van der Waals surface area contributed by atoms with Gasteiger partial charge in [0.2, 0.25) is 0 Å². The van der Waals surface area contributed by atoms with E-state index < -0.39 is 0 Å². The van der Waals surface area contributed by atoms with E-state index in [0.717, 1.165) is 35.4 Å². The standard InChI is InChI=1S/C11H19BrN2O2/c1-4-14-10(11(12)9(2)13-14)8-16-7-5-6-15-3/h4-8H2,1-3H3. The van der Waals surface area contributed by atoms with Gasteiger partial charge in [0.1, 0.15) is 0 Å². The third kappa shape index (κ3) is 3.57. The van der Waals surface area contributed by atoms with E-state index in [1.807, 2.05) is 11.6 Å². The van der Waals surface area contributed by atoms with E-state index >= 15 is 0 Å². The molecular formula is C11H19BrN2O2. The normalized spacial score (nSPS) is 11.0. The molecule has 0 aliphatic heterocycles. The Kier molecular flexibility index (Phi) is 6.01. The molecule has 0 bridgehead atoms. The zero-order valence-corrected chi connectivity index (χ0v) is 11.7. The number of hydrogen-bond donors (Lipinski definition) is 0. The molecule has 0 spiro atoms. The van der Waals surface area contributed by atoms with Crippen LogP contribution in [-0.4, -0.2) is 30.1 Å². The zero-order chi connectivity index (χ0) is 12.0. The fourth-order valence-electron chi connectivity index (χ4n) is 1.48. The number of ether oxygens (including phenoxy) is 2. The van der Waals surface area contributed by atoms with Gasteiger partial charge in [0.25, 0.3) is 0 Å². The fraction of sp³-hybridized carbons (Fsp3) is 0.727. The maximum atomic E-state index is 5.59. The SMILES string of the molecule is CCn1nc(C)c(Br)c1COCCCOC. The number of methoxy groups -OCH3 is 1. The predicted molar refractivity (Wildman–Crippen MR) is 66.5 cm³/mol. The van der Waals surface area contributed by atoms with E-state index in [1.54, 1.807) is 7.11 Å². The lowest BCUT2D eigenvalue weighted by atomic mass is 10.4. The van der Waals surface area contributed by atoms with Crippen LogP contribution < -0.4 is 0 Å². The van der Waals surface area contributed by atoms with Gasteiger partial charge in [0.05, 0.1) is 22.5 Å². The lowest BCUT2D eigenvalue weighted by Crippen LogP contribution is -2.06. The molecule has 1 heterocycles. The number of halogens is 1. The second-order valence-electron chi connectivity index (χ2n) is 3.56. The summed E-state index contributed by atoms with van der Waals surface area (Å²) in [6.45, 7) is 6.99. The molecule has 0 fully saturated rings. The average Bonchev–Trinajstić information content (AvgIpc) is 2.56. The molecule has 16 heavy (non-hydrogen) atoms. The molecule has 0 unspecified atom stereocenters. The summed E-state index contributed by atoms with van der Waals surface area (Å²) in [7, 11) is 1.70. The van der Waals surface area contributed by atoms with Gasteiger partial charge in [-0.25, -0.2) is 0 Å². The Hall–Kier alpha value is -0.390. The van der Waals surface area contributed by atoms with E-state index in [9.17, 15) is 0 Å². The Balaban J connectivity index is 2.46. The minimum atomic E-state index is 0.596. The molecule has 0 amide bonds. The average molecular weight is 291 g/mol. The van der Waals surface area contributed by atoms with Gasteiger partial charge in [-0.1, -0.05) is 0 Å². The van der Waals surface area contributed by atoms with E-state index in [2.05, 4.69) is 28.0 Å². The van der Waals surface area contributed by atoms with Crippen LogP contribution >= 0.6 is 15.9 Å². The summed E-state index contributed by atoms with van der Waals surface area (Å²) in [5.74, 6) is 0. The number of hydrogen-bond acceptors (Lipinski definition) is 3. The lowest BCUT2D eigenvalue weighted by Gasteiger charge is -2.06. The molecule has 0 N–H and O–H groups in total. The van der Waals surface area contributed by atoms with Crippen molar-refractivity contribution < 1.29 is 9.47 Å². The summed E-state index contributed by atoms with van der Waals surface area (Å²) in [4.78, 5) is 0. The van der Waals surface area contributed by atoms with Gasteiger partial charge in [0.15, 0.2) is 0 Å². The zero-order valence-electron chi connectivity index (χ0n) is 10.1. The molecule has 5 heteroatoms. The lowest BCUT2D eigenvalue weighted by molar-refractivity contribution is 0.0886. The maximum absolute atomic E-state index is 5.59.